The molecule has 2 aliphatic rings. The van der Waals surface area contributed by atoms with Crippen molar-refractivity contribution in [2.24, 2.45) is 11.7 Å². The lowest BCUT2D eigenvalue weighted by Crippen LogP contribution is -2.60. The van der Waals surface area contributed by atoms with Crippen LogP contribution >= 0.6 is 0 Å². The van der Waals surface area contributed by atoms with Gasteiger partial charge in [-0.15, -0.1) is 0 Å². The van der Waals surface area contributed by atoms with Crippen LogP contribution in [0.3, 0.4) is 0 Å². The van der Waals surface area contributed by atoms with E-state index in [0.717, 1.165) is 30.0 Å². The zero-order valence-electron chi connectivity index (χ0n) is 29.8. The van der Waals surface area contributed by atoms with Gasteiger partial charge in [0, 0.05) is 17.0 Å². The van der Waals surface area contributed by atoms with Crippen molar-refractivity contribution in [3.8, 4) is 11.5 Å². The van der Waals surface area contributed by atoms with Gasteiger partial charge in [0.05, 0.1) is 12.5 Å². The molecule has 5 amide bonds. The van der Waals surface area contributed by atoms with E-state index >= 15 is 0 Å². The molecule has 0 aromatic heterocycles. The quantitative estimate of drug-likeness (QED) is 0.155. The lowest BCUT2D eigenvalue weighted by atomic mass is 9.84. The van der Waals surface area contributed by atoms with E-state index in [1.165, 1.54) is 17.0 Å². The highest BCUT2D eigenvalue weighted by atomic mass is 16.5. The number of fused-ring (bicyclic) bond motifs is 2. The minimum atomic E-state index is -1.80. The Morgan fingerprint density at radius 1 is 0.942 bits per heavy atom. The first-order valence-corrected chi connectivity index (χ1v) is 17.8. The summed E-state index contributed by atoms with van der Waals surface area (Å²) in [5.41, 5.74) is 5.50. The van der Waals surface area contributed by atoms with Crippen LogP contribution in [0.15, 0.2) is 66.7 Å². The number of primary amides is 1. The summed E-state index contributed by atoms with van der Waals surface area (Å²) >= 11 is 0. The van der Waals surface area contributed by atoms with Gasteiger partial charge in [-0.2, -0.15) is 0 Å². The lowest BCUT2D eigenvalue weighted by molar-refractivity contribution is -0.150. The number of phenols is 1. The molecule has 3 aromatic carbocycles. The molecule has 7 N–H and O–H groups in total. The van der Waals surface area contributed by atoms with E-state index in [1.54, 1.807) is 24.3 Å². The molecule has 1 heterocycles. The summed E-state index contributed by atoms with van der Waals surface area (Å²) in [5, 5.41) is 31.5. The number of hydrogen-bond acceptors (Lipinski definition) is 8. The molecule has 6 atom stereocenters. The standard InChI is InChI=1S/C39H49N5O8/c1-39(2,3)43-37(50)31-20-25-10-5-7-13-30(25)44(31)38(51)35(48)28(19-23-15-17-26(45)18-16-23)42-36(49)29(21-33(40)46)41-34(47)22-52-32-14-8-11-24-9-4-6-12-27(24)32/h4,6,8-9,11-12,14-18,25,28-31,35,45,48H,5,7,10,13,19-22H2,1-3H3,(H2,40,46)(H,41,47)(H,42,49)(H,43,50)/t25-,28-,29-,30-,31-,35-/m0/s1. The maximum Gasteiger partial charge on any atom is 0.258 e. The number of aliphatic hydroxyl groups excluding tert-OH is 1. The molecule has 278 valence electrons. The van der Waals surface area contributed by atoms with Gasteiger partial charge in [0.25, 0.3) is 11.8 Å². The fourth-order valence-corrected chi connectivity index (χ4v) is 7.31. The van der Waals surface area contributed by atoms with Crippen LogP contribution < -0.4 is 26.4 Å². The third kappa shape index (κ3) is 9.58. The van der Waals surface area contributed by atoms with Gasteiger partial charge in [-0.3, -0.25) is 24.0 Å². The maximum atomic E-state index is 14.3. The number of rotatable bonds is 13. The predicted octanol–water partition coefficient (Wildman–Crippen LogP) is 2.45. The molecule has 13 heteroatoms. The molecule has 13 nitrogen and oxygen atoms in total. The predicted molar refractivity (Wildman–Crippen MR) is 194 cm³/mol. The normalized spacial score (nSPS) is 20.2. The second-order valence-electron chi connectivity index (χ2n) is 14.8. The fraction of sp³-hybridized carbons (Fsp3) is 0.462. The number of nitrogens with two attached hydrogens (primary N) is 1. The van der Waals surface area contributed by atoms with Gasteiger partial charge >= 0.3 is 0 Å². The second-order valence-corrected chi connectivity index (χ2v) is 14.8. The number of likely N-dealkylation sites (tertiary alicyclic amines) is 1. The summed E-state index contributed by atoms with van der Waals surface area (Å²) in [4.78, 5) is 68.3. The molecule has 0 spiro atoms. The number of phenolic OH excluding ortho intramolecular Hbond substituents is 1. The average molecular weight is 716 g/mol. The van der Waals surface area contributed by atoms with E-state index in [1.807, 2.05) is 51.1 Å². The first-order valence-electron chi connectivity index (χ1n) is 17.8. The summed E-state index contributed by atoms with van der Waals surface area (Å²) < 4.78 is 5.76. The zero-order chi connectivity index (χ0) is 37.6. The Kier molecular flexibility index (Phi) is 12.0. The topological polar surface area (TPSA) is 200 Å². The van der Waals surface area contributed by atoms with Crippen molar-refractivity contribution in [2.75, 3.05) is 6.61 Å². The Bertz CT molecular complexity index is 1770. The van der Waals surface area contributed by atoms with Crippen molar-refractivity contribution in [3.63, 3.8) is 0 Å². The number of ether oxygens (including phenoxy) is 1. The summed E-state index contributed by atoms with van der Waals surface area (Å²) in [6.45, 7) is 5.10. The third-order valence-corrected chi connectivity index (χ3v) is 9.66. The van der Waals surface area contributed by atoms with Gasteiger partial charge in [-0.1, -0.05) is 61.4 Å². The molecule has 3 aromatic rings. The molecule has 1 aliphatic carbocycles. The molecule has 5 rings (SSSR count). The van der Waals surface area contributed by atoms with Crippen molar-refractivity contribution in [3.05, 3.63) is 72.3 Å². The van der Waals surface area contributed by atoms with Crippen LogP contribution in [0.4, 0.5) is 0 Å². The first-order chi connectivity index (χ1) is 24.7. The van der Waals surface area contributed by atoms with Gasteiger partial charge in [-0.05, 0) is 81.5 Å². The highest BCUT2D eigenvalue weighted by molar-refractivity contribution is 5.94. The lowest BCUT2D eigenvalue weighted by Gasteiger charge is -2.37. The number of benzene rings is 3. The first kappa shape index (κ1) is 38.1. The molecule has 1 saturated heterocycles. The van der Waals surface area contributed by atoms with Crippen molar-refractivity contribution in [2.45, 2.75) is 102 Å². The molecule has 0 unspecified atom stereocenters. The maximum absolute atomic E-state index is 14.3. The van der Waals surface area contributed by atoms with Crippen LogP contribution in [0.2, 0.25) is 0 Å². The number of carbonyl (C=O) groups is 5. The van der Waals surface area contributed by atoms with Crippen LogP contribution in [-0.4, -0.2) is 87.1 Å². The number of nitrogens with zero attached hydrogens (tertiary/aromatic N) is 1. The Labute approximate surface area is 303 Å². The van der Waals surface area contributed by atoms with E-state index in [0.29, 0.717) is 24.2 Å². The summed E-state index contributed by atoms with van der Waals surface area (Å²) in [7, 11) is 0. The van der Waals surface area contributed by atoms with Crippen molar-refractivity contribution in [1.82, 2.24) is 20.9 Å². The number of carbonyl (C=O) groups excluding carboxylic acids is 5. The van der Waals surface area contributed by atoms with Crippen LogP contribution in [0, 0.1) is 5.92 Å². The van der Waals surface area contributed by atoms with Gasteiger partial charge in [0.1, 0.15) is 23.6 Å². The largest absolute Gasteiger partial charge is 0.508 e. The highest BCUT2D eigenvalue weighted by Crippen LogP contribution is 2.40. The van der Waals surface area contributed by atoms with Crippen LogP contribution in [-0.2, 0) is 30.4 Å². The summed E-state index contributed by atoms with van der Waals surface area (Å²) in [5.74, 6) is -2.88. The molecule has 0 radical (unpaired) electrons. The van der Waals surface area contributed by atoms with Crippen molar-refractivity contribution in [1.29, 1.82) is 0 Å². The minimum Gasteiger partial charge on any atom is -0.508 e. The Hall–Kier alpha value is -5.17. The van der Waals surface area contributed by atoms with E-state index in [9.17, 15) is 34.2 Å². The molecular weight excluding hydrogens is 666 g/mol. The van der Waals surface area contributed by atoms with E-state index < -0.39 is 66.4 Å². The van der Waals surface area contributed by atoms with E-state index in [4.69, 9.17) is 10.5 Å². The average Bonchev–Trinajstić information content (AvgIpc) is 3.49. The number of amides is 5. The fourth-order valence-electron chi connectivity index (χ4n) is 7.31. The SMILES string of the molecule is CC(C)(C)NC(=O)[C@@H]1C[C@@H]2CCCC[C@@H]2N1C(=O)[C@@H](O)[C@H](Cc1ccc(O)cc1)NC(=O)[C@H](CC(N)=O)NC(=O)COc1cccc2ccccc12. The number of nitrogens with one attached hydrogen (secondary N) is 3. The van der Waals surface area contributed by atoms with Gasteiger partial charge in [-0.25, -0.2) is 0 Å². The summed E-state index contributed by atoms with van der Waals surface area (Å²) in [6, 6.07) is 15.2. The van der Waals surface area contributed by atoms with Gasteiger partial charge < -0.3 is 41.5 Å². The highest BCUT2D eigenvalue weighted by Gasteiger charge is 2.50. The van der Waals surface area contributed by atoms with Crippen LogP contribution in [0.25, 0.3) is 10.8 Å². The van der Waals surface area contributed by atoms with Crippen LogP contribution in [0.5, 0.6) is 11.5 Å². The zero-order valence-corrected chi connectivity index (χ0v) is 29.8. The minimum absolute atomic E-state index is 0.00373. The van der Waals surface area contributed by atoms with Crippen LogP contribution in [0.1, 0.15) is 64.9 Å². The molecule has 52 heavy (non-hydrogen) atoms. The molecule has 1 aliphatic heterocycles. The molecular formula is C39H49N5O8. The smallest absolute Gasteiger partial charge is 0.258 e. The Balaban J connectivity index is 1.36. The molecule has 2 fully saturated rings. The number of aromatic hydroxyl groups is 1. The third-order valence-electron chi connectivity index (χ3n) is 9.66. The monoisotopic (exact) mass is 715 g/mol. The molecule has 1 saturated carbocycles. The van der Waals surface area contributed by atoms with Gasteiger partial charge in [0.2, 0.25) is 17.7 Å². The number of hydrogen-bond donors (Lipinski definition) is 6. The van der Waals surface area contributed by atoms with Gasteiger partial charge in [0.15, 0.2) is 12.7 Å². The van der Waals surface area contributed by atoms with Crippen molar-refractivity contribution >= 4 is 40.3 Å². The Morgan fingerprint density at radius 3 is 2.35 bits per heavy atom. The van der Waals surface area contributed by atoms with Crippen molar-refractivity contribution < 1.29 is 38.9 Å². The number of aliphatic hydroxyl groups is 1. The van der Waals surface area contributed by atoms with E-state index in [-0.39, 0.29) is 30.0 Å². The van der Waals surface area contributed by atoms with E-state index in [2.05, 4.69) is 16.0 Å². The summed E-state index contributed by atoms with van der Waals surface area (Å²) in [6.07, 6.45) is 1.45. The second kappa shape index (κ2) is 16.4. The Morgan fingerprint density at radius 2 is 1.63 bits per heavy atom. The molecule has 0 bridgehead atoms.